The van der Waals surface area contributed by atoms with Crippen molar-refractivity contribution in [3.8, 4) is 0 Å². The number of carbonyl (C=O) groups is 1. The lowest BCUT2D eigenvalue weighted by Crippen LogP contribution is -2.47. The summed E-state index contributed by atoms with van der Waals surface area (Å²) >= 11 is 0. The first-order valence-corrected chi connectivity index (χ1v) is 6.23. The molecule has 0 aliphatic heterocycles. The van der Waals surface area contributed by atoms with E-state index < -0.39 is 0 Å². The second-order valence-electron chi connectivity index (χ2n) is 4.85. The SMILES string of the molecule is CN(CCO)C(=O)C1(CN)CCCCCC1. The normalized spacial score (nSPS) is 20.2. The molecule has 0 saturated heterocycles. The number of amides is 1. The summed E-state index contributed by atoms with van der Waals surface area (Å²) in [6.07, 6.45) is 6.40. The highest BCUT2D eigenvalue weighted by Gasteiger charge is 2.38. The van der Waals surface area contributed by atoms with Crippen LogP contribution in [0.3, 0.4) is 0 Å². The summed E-state index contributed by atoms with van der Waals surface area (Å²) in [4.78, 5) is 14.0. The topological polar surface area (TPSA) is 66.6 Å². The fraction of sp³-hybridized carbons (Fsp3) is 0.917. The molecular formula is C12H24N2O2. The summed E-state index contributed by atoms with van der Waals surface area (Å²) < 4.78 is 0. The first kappa shape index (κ1) is 13.5. The Labute approximate surface area is 97.8 Å². The van der Waals surface area contributed by atoms with Crippen LogP contribution in [0.25, 0.3) is 0 Å². The molecule has 4 heteroatoms. The van der Waals surface area contributed by atoms with Crippen molar-refractivity contribution in [2.45, 2.75) is 38.5 Å². The number of hydrogen-bond donors (Lipinski definition) is 2. The molecule has 0 atom stereocenters. The van der Waals surface area contributed by atoms with Crippen LogP contribution in [0.15, 0.2) is 0 Å². The van der Waals surface area contributed by atoms with Gasteiger partial charge in [-0.15, -0.1) is 0 Å². The Hall–Kier alpha value is -0.610. The number of nitrogens with zero attached hydrogens (tertiary/aromatic N) is 1. The molecule has 0 spiro atoms. The molecular weight excluding hydrogens is 204 g/mol. The van der Waals surface area contributed by atoms with Crippen LogP contribution < -0.4 is 5.73 Å². The second-order valence-corrected chi connectivity index (χ2v) is 4.85. The number of likely N-dealkylation sites (N-methyl/N-ethyl adjacent to an activating group) is 1. The molecule has 1 rings (SSSR count). The Kier molecular flexibility index (Phi) is 5.22. The fourth-order valence-electron chi connectivity index (χ4n) is 2.57. The van der Waals surface area contributed by atoms with E-state index in [-0.39, 0.29) is 17.9 Å². The van der Waals surface area contributed by atoms with Crippen molar-refractivity contribution in [1.29, 1.82) is 0 Å². The monoisotopic (exact) mass is 228 g/mol. The molecule has 4 nitrogen and oxygen atoms in total. The summed E-state index contributed by atoms with van der Waals surface area (Å²) in [6.45, 7) is 0.852. The minimum Gasteiger partial charge on any atom is -0.395 e. The van der Waals surface area contributed by atoms with E-state index in [1.54, 1.807) is 11.9 Å². The third-order valence-electron chi connectivity index (χ3n) is 3.69. The number of aliphatic hydroxyl groups is 1. The molecule has 0 aromatic carbocycles. The molecule has 0 aromatic heterocycles. The van der Waals surface area contributed by atoms with Crippen molar-refractivity contribution in [3.05, 3.63) is 0 Å². The van der Waals surface area contributed by atoms with Crippen molar-refractivity contribution >= 4 is 5.91 Å². The Morgan fingerprint density at radius 1 is 1.31 bits per heavy atom. The number of carbonyl (C=O) groups excluding carboxylic acids is 1. The van der Waals surface area contributed by atoms with Crippen LogP contribution in [0.1, 0.15) is 38.5 Å². The van der Waals surface area contributed by atoms with Crippen LogP contribution in [0.2, 0.25) is 0 Å². The zero-order chi connectivity index (χ0) is 12.0. The van der Waals surface area contributed by atoms with E-state index in [4.69, 9.17) is 10.8 Å². The molecule has 0 unspecified atom stereocenters. The van der Waals surface area contributed by atoms with Crippen LogP contribution in [-0.4, -0.2) is 42.7 Å². The molecule has 1 fully saturated rings. The van der Waals surface area contributed by atoms with Crippen molar-refractivity contribution in [3.63, 3.8) is 0 Å². The molecule has 0 bridgehead atoms. The smallest absolute Gasteiger partial charge is 0.229 e. The van der Waals surface area contributed by atoms with Crippen LogP contribution in [0.5, 0.6) is 0 Å². The van der Waals surface area contributed by atoms with Crippen LogP contribution in [0, 0.1) is 5.41 Å². The van der Waals surface area contributed by atoms with E-state index in [0.29, 0.717) is 13.1 Å². The van der Waals surface area contributed by atoms with E-state index in [0.717, 1.165) is 25.7 Å². The number of rotatable bonds is 4. The second kappa shape index (κ2) is 6.21. The molecule has 1 amide bonds. The van der Waals surface area contributed by atoms with Gasteiger partial charge in [0.05, 0.1) is 12.0 Å². The minimum absolute atomic E-state index is 0.0168. The summed E-state index contributed by atoms with van der Waals surface area (Å²) in [7, 11) is 1.75. The fourth-order valence-corrected chi connectivity index (χ4v) is 2.57. The van der Waals surface area contributed by atoms with E-state index in [9.17, 15) is 4.79 Å². The quantitative estimate of drug-likeness (QED) is 0.697. The van der Waals surface area contributed by atoms with Crippen molar-refractivity contribution in [2.75, 3.05) is 26.7 Å². The first-order chi connectivity index (χ1) is 7.66. The standard InChI is InChI=1S/C12H24N2O2/c1-14(8-9-15)11(16)12(10-13)6-4-2-3-5-7-12/h15H,2-10,13H2,1H3. The van der Waals surface area contributed by atoms with E-state index >= 15 is 0 Å². The summed E-state index contributed by atoms with van der Waals surface area (Å²) in [5.74, 6) is 0.117. The minimum atomic E-state index is -0.361. The highest BCUT2D eigenvalue weighted by molar-refractivity contribution is 5.82. The van der Waals surface area contributed by atoms with Crippen LogP contribution in [0.4, 0.5) is 0 Å². The lowest BCUT2D eigenvalue weighted by atomic mass is 9.79. The largest absolute Gasteiger partial charge is 0.395 e. The van der Waals surface area contributed by atoms with Crippen molar-refractivity contribution in [2.24, 2.45) is 11.1 Å². The van der Waals surface area contributed by atoms with Gasteiger partial charge < -0.3 is 15.7 Å². The molecule has 1 aliphatic carbocycles. The molecule has 0 heterocycles. The molecule has 1 aliphatic rings. The summed E-state index contributed by atoms with van der Waals surface area (Å²) in [5, 5.41) is 8.87. The predicted octanol–water partition coefficient (Wildman–Crippen LogP) is 0.736. The van der Waals surface area contributed by atoms with Gasteiger partial charge in [0.1, 0.15) is 0 Å². The number of hydrogen-bond acceptors (Lipinski definition) is 3. The number of aliphatic hydroxyl groups excluding tert-OH is 1. The van der Waals surface area contributed by atoms with E-state index in [1.165, 1.54) is 12.8 Å². The van der Waals surface area contributed by atoms with Gasteiger partial charge in [-0.2, -0.15) is 0 Å². The van der Waals surface area contributed by atoms with Gasteiger partial charge in [0.15, 0.2) is 0 Å². The van der Waals surface area contributed by atoms with Crippen LogP contribution >= 0.6 is 0 Å². The van der Waals surface area contributed by atoms with Gasteiger partial charge in [-0.25, -0.2) is 0 Å². The Balaban J connectivity index is 2.72. The zero-order valence-corrected chi connectivity index (χ0v) is 10.2. The molecule has 16 heavy (non-hydrogen) atoms. The Bertz CT molecular complexity index is 223. The highest BCUT2D eigenvalue weighted by Crippen LogP contribution is 2.35. The Morgan fingerprint density at radius 3 is 2.31 bits per heavy atom. The maximum Gasteiger partial charge on any atom is 0.229 e. The third-order valence-corrected chi connectivity index (χ3v) is 3.69. The maximum atomic E-state index is 12.3. The van der Waals surface area contributed by atoms with E-state index in [1.807, 2.05) is 0 Å². The van der Waals surface area contributed by atoms with E-state index in [2.05, 4.69) is 0 Å². The average Bonchev–Trinajstić information content (AvgIpc) is 2.54. The lowest BCUT2D eigenvalue weighted by molar-refractivity contribution is -0.141. The van der Waals surface area contributed by atoms with Gasteiger partial charge in [0.25, 0.3) is 0 Å². The molecule has 3 N–H and O–H groups in total. The van der Waals surface area contributed by atoms with Gasteiger partial charge in [0, 0.05) is 20.1 Å². The molecule has 94 valence electrons. The summed E-state index contributed by atoms with van der Waals surface area (Å²) in [5.41, 5.74) is 5.47. The van der Waals surface area contributed by atoms with Crippen LogP contribution in [-0.2, 0) is 4.79 Å². The lowest BCUT2D eigenvalue weighted by Gasteiger charge is -2.34. The number of nitrogens with two attached hydrogens (primary N) is 1. The van der Waals surface area contributed by atoms with Gasteiger partial charge in [0.2, 0.25) is 5.91 Å². The van der Waals surface area contributed by atoms with Gasteiger partial charge >= 0.3 is 0 Å². The van der Waals surface area contributed by atoms with Crippen molar-refractivity contribution in [1.82, 2.24) is 4.90 Å². The molecule has 1 saturated carbocycles. The highest BCUT2D eigenvalue weighted by atomic mass is 16.3. The van der Waals surface area contributed by atoms with Gasteiger partial charge in [-0.3, -0.25) is 4.79 Å². The summed E-state index contributed by atoms with van der Waals surface area (Å²) in [6, 6.07) is 0. The predicted molar refractivity (Wildman–Crippen MR) is 63.9 cm³/mol. The maximum absolute atomic E-state index is 12.3. The molecule has 0 aromatic rings. The average molecular weight is 228 g/mol. The Morgan fingerprint density at radius 2 is 1.88 bits per heavy atom. The van der Waals surface area contributed by atoms with Gasteiger partial charge in [-0.05, 0) is 12.8 Å². The molecule has 0 radical (unpaired) electrons. The zero-order valence-electron chi connectivity index (χ0n) is 10.2. The third kappa shape index (κ3) is 2.95. The first-order valence-electron chi connectivity index (χ1n) is 6.23. The van der Waals surface area contributed by atoms with Crippen molar-refractivity contribution < 1.29 is 9.90 Å². The van der Waals surface area contributed by atoms with Gasteiger partial charge in [-0.1, -0.05) is 25.7 Å².